The highest BCUT2D eigenvalue weighted by atomic mass is 16.5. The molecule has 0 saturated carbocycles. The molecule has 0 fully saturated rings. The summed E-state index contributed by atoms with van der Waals surface area (Å²) in [6.07, 6.45) is 2.56. The van der Waals surface area contributed by atoms with Crippen LogP contribution in [0.4, 0.5) is 11.8 Å². The molecular weight excluding hydrogens is 314 g/mol. The van der Waals surface area contributed by atoms with Gasteiger partial charge in [0.05, 0.1) is 13.3 Å². The monoisotopic (exact) mass is 335 g/mol. The van der Waals surface area contributed by atoms with Gasteiger partial charge in [0.2, 0.25) is 5.95 Å². The van der Waals surface area contributed by atoms with Gasteiger partial charge in [0.15, 0.2) is 5.82 Å². The lowest BCUT2D eigenvalue weighted by atomic mass is 10.1. The van der Waals surface area contributed by atoms with Gasteiger partial charge in [0.25, 0.3) is 0 Å². The van der Waals surface area contributed by atoms with E-state index >= 15 is 0 Å². The second kappa shape index (κ2) is 8.63. The molecule has 0 aliphatic rings. The predicted molar refractivity (Wildman–Crippen MR) is 98.8 cm³/mol. The summed E-state index contributed by atoms with van der Waals surface area (Å²) >= 11 is 0. The van der Waals surface area contributed by atoms with E-state index in [-0.39, 0.29) is 0 Å². The molecule has 3 rings (SSSR count). The lowest BCUT2D eigenvalue weighted by molar-refractivity contribution is 0.414. The fraction of sp³-hybridized carbons (Fsp3) is 0.211. The largest absolute Gasteiger partial charge is 0.497 e. The van der Waals surface area contributed by atoms with Gasteiger partial charge in [-0.15, -0.1) is 5.10 Å². The van der Waals surface area contributed by atoms with Crippen LogP contribution in [0.25, 0.3) is 0 Å². The van der Waals surface area contributed by atoms with Gasteiger partial charge in [-0.25, -0.2) is 0 Å². The first-order valence-electron chi connectivity index (χ1n) is 8.18. The van der Waals surface area contributed by atoms with Gasteiger partial charge in [-0.1, -0.05) is 42.5 Å². The summed E-state index contributed by atoms with van der Waals surface area (Å²) in [5.74, 6) is 2.05. The van der Waals surface area contributed by atoms with Crippen LogP contribution in [-0.2, 0) is 13.0 Å². The fourth-order valence-electron chi connectivity index (χ4n) is 2.37. The van der Waals surface area contributed by atoms with E-state index in [2.05, 4.69) is 37.9 Å². The number of ether oxygens (including phenoxy) is 1. The third-order valence-electron chi connectivity index (χ3n) is 3.73. The summed E-state index contributed by atoms with van der Waals surface area (Å²) in [5.41, 5.74) is 2.40. The molecule has 0 atom stereocenters. The molecule has 6 heteroatoms. The third kappa shape index (κ3) is 5.17. The van der Waals surface area contributed by atoms with E-state index < -0.39 is 0 Å². The fourth-order valence-corrected chi connectivity index (χ4v) is 2.37. The van der Waals surface area contributed by atoms with E-state index in [1.165, 1.54) is 5.56 Å². The van der Waals surface area contributed by atoms with Crippen molar-refractivity contribution in [1.29, 1.82) is 0 Å². The maximum atomic E-state index is 5.15. The van der Waals surface area contributed by atoms with Crippen molar-refractivity contribution in [3.05, 3.63) is 71.9 Å². The van der Waals surface area contributed by atoms with E-state index in [1.54, 1.807) is 13.3 Å². The number of methoxy groups -OCH3 is 1. The molecule has 0 aliphatic heterocycles. The van der Waals surface area contributed by atoms with Gasteiger partial charge < -0.3 is 15.4 Å². The number of benzene rings is 2. The Kier molecular flexibility index (Phi) is 5.77. The topological polar surface area (TPSA) is 72.0 Å². The van der Waals surface area contributed by atoms with E-state index in [0.717, 1.165) is 24.3 Å². The van der Waals surface area contributed by atoms with Crippen LogP contribution < -0.4 is 15.4 Å². The predicted octanol–water partition coefficient (Wildman–Crippen LogP) is 3.15. The average Bonchev–Trinajstić information content (AvgIpc) is 2.68. The minimum absolute atomic E-state index is 0.500. The molecule has 2 aromatic carbocycles. The Labute approximate surface area is 147 Å². The molecule has 0 saturated heterocycles. The number of aromatic nitrogens is 3. The smallest absolute Gasteiger partial charge is 0.244 e. The molecule has 1 heterocycles. The molecule has 3 aromatic rings. The zero-order valence-corrected chi connectivity index (χ0v) is 14.1. The van der Waals surface area contributed by atoms with E-state index in [4.69, 9.17) is 4.74 Å². The number of rotatable bonds is 8. The molecule has 0 aliphatic carbocycles. The first kappa shape index (κ1) is 16.7. The van der Waals surface area contributed by atoms with E-state index in [1.807, 2.05) is 42.5 Å². The van der Waals surface area contributed by atoms with Crippen LogP contribution in [0.3, 0.4) is 0 Å². The number of anilines is 2. The first-order valence-corrected chi connectivity index (χ1v) is 8.18. The molecule has 0 bridgehead atoms. The van der Waals surface area contributed by atoms with Crippen LogP contribution in [0.2, 0.25) is 0 Å². The summed E-state index contributed by atoms with van der Waals surface area (Å²) in [6.45, 7) is 1.42. The molecule has 2 N–H and O–H groups in total. The minimum atomic E-state index is 0.500. The second-order valence-electron chi connectivity index (χ2n) is 5.53. The number of hydrogen-bond acceptors (Lipinski definition) is 6. The van der Waals surface area contributed by atoms with Gasteiger partial charge >= 0.3 is 0 Å². The Morgan fingerprint density at radius 2 is 1.72 bits per heavy atom. The summed E-state index contributed by atoms with van der Waals surface area (Å²) < 4.78 is 5.15. The van der Waals surface area contributed by atoms with E-state index in [9.17, 15) is 0 Å². The zero-order valence-electron chi connectivity index (χ0n) is 14.1. The van der Waals surface area contributed by atoms with Crippen molar-refractivity contribution in [3.8, 4) is 5.75 Å². The van der Waals surface area contributed by atoms with Crippen LogP contribution in [0.15, 0.2) is 60.8 Å². The normalized spacial score (nSPS) is 10.3. The Morgan fingerprint density at radius 1 is 0.920 bits per heavy atom. The third-order valence-corrected chi connectivity index (χ3v) is 3.73. The Morgan fingerprint density at radius 3 is 2.48 bits per heavy atom. The highest BCUT2D eigenvalue weighted by Crippen LogP contribution is 2.12. The molecule has 0 spiro atoms. The van der Waals surface area contributed by atoms with Crippen LogP contribution in [0.1, 0.15) is 11.1 Å². The van der Waals surface area contributed by atoms with Crippen LogP contribution in [-0.4, -0.2) is 28.8 Å². The maximum Gasteiger partial charge on any atom is 0.244 e. The summed E-state index contributed by atoms with van der Waals surface area (Å²) in [7, 11) is 1.66. The zero-order chi connectivity index (χ0) is 17.3. The van der Waals surface area contributed by atoms with Gasteiger partial charge in [-0.3, -0.25) is 0 Å². The first-order chi connectivity index (χ1) is 12.3. The Balaban J connectivity index is 1.50. The van der Waals surface area contributed by atoms with Crippen molar-refractivity contribution in [3.63, 3.8) is 0 Å². The summed E-state index contributed by atoms with van der Waals surface area (Å²) in [4.78, 5) is 4.43. The quantitative estimate of drug-likeness (QED) is 0.659. The van der Waals surface area contributed by atoms with Crippen LogP contribution >= 0.6 is 0 Å². The van der Waals surface area contributed by atoms with Crippen molar-refractivity contribution >= 4 is 11.8 Å². The minimum Gasteiger partial charge on any atom is -0.497 e. The lowest BCUT2D eigenvalue weighted by Gasteiger charge is -2.08. The number of nitrogens with zero attached hydrogens (tertiary/aromatic N) is 3. The molecule has 128 valence electrons. The van der Waals surface area contributed by atoms with Crippen molar-refractivity contribution < 1.29 is 4.74 Å². The van der Waals surface area contributed by atoms with Gasteiger partial charge in [-0.05, 0) is 29.7 Å². The molecule has 1 aromatic heterocycles. The van der Waals surface area contributed by atoms with Crippen LogP contribution in [0, 0.1) is 0 Å². The molecular formula is C19H21N5O. The molecule has 0 unspecified atom stereocenters. The van der Waals surface area contributed by atoms with Gasteiger partial charge in [0, 0.05) is 13.1 Å². The van der Waals surface area contributed by atoms with Crippen molar-refractivity contribution in [2.45, 2.75) is 13.0 Å². The molecule has 25 heavy (non-hydrogen) atoms. The summed E-state index contributed by atoms with van der Waals surface area (Å²) in [6, 6.07) is 18.2. The van der Waals surface area contributed by atoms with Crippen molar-refractivity contribution in [2.24, 2.45) is 0 Å². The maximum absolute atomic E-state index is 5.15. The Bertz CT molecular complexity index is 777. The van der Waals surface area contributed by atoms with Crippen molar-refractivity contribution in [1.82, 2.24) is 15.2 Å². The second-order valence-corrected chi connectivity index (χ2v) is 5.53. The van der Waals surface area contributed by atoms with E-state index in [0.29, 0.717) is 18.3 Å². The van der Waals surface area contributed by atoms with Gasteiger partial charge in [0.1, 0.15) is 5.75 Å². The van der Waals surface area contributed by atoms with Crippen molar-refractivity contribution in [2.75, 3.05) is 24.3 Å². The average molecular weight is 335 g/mol. The van der Waals surface area contributed by atoms with Gasteiger partial charge in [-0.2, -0.15) is 10.1 Å². The molecule has 0 radical (unpaired) electrons. The lowest BCUT2D eigenvalue weighted by Crippen LogP contribution is -2.10. The van der Waals surface area contributed by atoms with Crippen LogP contribution in [0.5, 0.6) is 5.75 Å². The SMILES string of the molecule is COc1ccc(CNc2nncc(NCCc3ccccc3)n2)cc1. The highest BCUT2D eigenvalue weighted by molar-refractivity contribution is 5.38. The number of nitrogens with one attached hydrogen (secondary N) is 2. The Hall–Kier alpha value is -3.15. The number of hydrogen-bond donors (Lipinski definition) is 2. The highest BCUT2D eigenvalue weighted by Gasteiger charge is 2.01. The molecule has 6 nitrogen and oxygen atoms in total. The molecule has 0 amide bonds. The summed E-state index contributed by atoms with van der Waals surface area (Å²) in [5, 5.41) is 14.5. The standard InChI is InChI=1S/C19H21N5O/c1-25-17-9-7-16(8-10-17)13-21-19-23-18(14-22-24-19)20-12-11-15-5-3-2-4-6-15/h2-10,14H,11-13H2,1H3,(H2,20,21,23,24).